The fourth-order valence-corrected chi connectivity index (χ4v) is 6.99. The van der Waals surface area contributed by atoms with Crippen molar-refractivity contribution in [3.05, 3.63) is 128 Å². The van der Waals surface area contributed by atoms with Crippen LogP contribution in [0.1, 0.15) is 42.5 Å². The SMILES string of the molecule is CC[C@@H](C)NC(=O)[C@H](Cc1ccccc1)N(Cc1ccc(Cl)c(Cl)c1)C(=O)CN(c1cc(Cl)ccc1C)S(=O)(=O)c1ccc(C)cc1. The summed E-state index contributed by atoms with van der Waals surface area (Å²) in [5, 5.41) is 3.97. The summed E-state index contributed by atoms with van der Waals surface area (Å²) in [6.45, 7) is 6.82. The molecule has 0 fully saturated rings. The number of hydrogen-bond acceptors (Lipinski definition) is 4. The van der Waals surface area contributed by atoms with Gasteiger partial charge in [-0.25, -0.2) is 8.42 Å². The molecular formula is C36H38Cl3N3O4S. The molecule has 0 aliphatic carbocycles. The van der Waals surface area contributed by atoms with E-state index >= 15 is 0 Å². The normalized spacial score (nSPS) is 12.7. The van der Waals surface area contributed by atoms with Gasteiger partial charge in [0.2, 0.25) is 11.8 Å². The van der Waals surface area contributed by atoms with Gasteiger partial charge >= 0.3 is 0 Å². The number of amides is 2. The second-order valence-corrected chi connectivity index (χ2v) is 14.7. The molecule has 248 valence electrons. The highest BCUT2D eigenvalue weighted by Gasteiger charge is 2.35. The fourth-order valence-electron chi connectivity index (χ4n) is 5.03. The van der Waals surface area contributed by atoms with Crippen molar-refractivity contribution in [2.24, 2.45) is 0 Å². The van der Waals surface area contributed by atoms with Gasteiger partial charge in [0.25, 0.3) is 10.0 Å². The van der Waals surface area contributed by atoms with Gasteiger partial charge in [0.1, 0.15) is 12.6 Å². The molecule has 11 heteroatoms. The predicted octanol–water partition coefficient (Wildman–Crippen LogP) is 8.01. The Hall–Kier alpha value is -3.56. The quantitative estimate of drug-likeness (QED) is 0.152. The van der Waals surface area contributed by atoms with Crippen LogP contribution in [-0.2, 0) is 32.6 Å². The lowest BCUT2D eigenvalue weighted by Crippen LogP contribution is -2.54. The molecule has 0 unspecified atom stereocenters. The van der Waals surface area contributed by atoms with E-state index in [0.717, 1.165) is 15.4 Å². The Morgan fingerprint density at radius 3 is 2.15 bits per heavy atom. The molecule has 47 heavy (non-hydrogen) atoms. The Morgan fingerprint density at radius 2 is 1.51 bits per heavy atom. The molecule has 0 saturated heterocycles. The van der Waals surface area contributed by atoms with Gasteiger partial charge in [-0.05, 0) is 80.3 Å². The van der Waals surface area contributed by atoms with E-state index in [1.165, 1.54) is 23.1 Å². The maximum atomic E-state index is 14.7. The molecule has 4 rings (SSSR count). The molecule has 2 atom stereocenters. The van der Waals surface area contributed by atoms with Gasteiger partial charge in [-0.2, -0.15) is 0 Å². The molecule has 4 aromatic rings. The Balaban J connectivity index is 1.85. The van der Waals surface area contributed by atoms with Gasteiger partial charge in [-0.15, -0.1) is 0 Å². The number of nitrogens with one attached hydrogen (secondary N) is 1. The number of nitrogens with zero attached hydrogens (tertiary/aromatic N) is 2. The highest BCUT2D eigenvalue weighted by Crippen LogP contribution is 2.31. The number of rotatable bonds is 13. The maximum Gasteiger partial charge on any atom is 0.264 e. The van der Waals surface area contributed by atoms with E-state index in [4.69, 9.17) is 34.8 Å². The molecule has 0 aliphatic rings. The Bertz CT molecular complexity index is 1820. The van der Waals surface area contributed by atoms with E-state index in [2.05, 4.69) is 5.32 Å². The van der Waals surface area contributed by atoms with Crippen molar-refractivity contribution in [2.45, 2.75) is 64.1 Å². The van der Waals surface area contributed by atoms with Crippen molar-refractivity contribution < 1.29 is 18.0 Å². The topological polar surface area (TPSA) is 86.8 Å². The molecular weight excluding hydrogens is 677 g/mol. The van der Waals surface area contributed by atoms with Crippen LogP contribution in [0.2, 0.25) is 15.1 Å². The average Bonchev–Trinajstić information content (AvgIpc) is 3.04. The first-order chi connectivity index (χ1) is 22.3. The van der Waals surface area contributed by atoms with Crippen molar-refractivity contribution in [1.29, 1.82) is 0 Å². The number of carbonyl (C=O) groups excluding carboxylic acids is 2. The lowest BCUT2D eigenvalue weighted by Gasteiger charge is -2.34. The summed E-state index contributed by atoms with van der Waals surface area (Å²) in [4.78, 5) is 30.1. The second-order valence-electron chi connectivity index (χ2n) is 11.5. The van der Waals surface area contributed by atoms with Crippen molar-refractivity contribution in [3.8, 4) is 0 Å². The zero-order chi connectivity index (χ0) is 34.3. The third-order valence-electron chi connectivity index (χ3n) is 7.94. The molecule has 0 radical (unpaired) electrons. The minimum absolute atomic E-state index is 0.0154. The zero-order valence-corrected chi connectivity index (χ0v) is 29.8. The molecule has 1 N–H and O–H groups in total. The maximum absolute atomic E-state index is 14.7. The number of halogens is 3. The van der Waals surface area contributed by atoms with Crippen LogP contribution in [0.25, 0.3) is 0 Å². The lowest BCUT2D eigenvalue weighted by molar-refractivity contribution is -0.140. The first-order valence-corrected chi connectivity index (χ1v) is 17.8. The molecule has 0 saturated carbocycles. The number of sulfonamides is 1. The summed E-state index contributed by atoms with van der Waals surface area (Å²) < 4.78 is 29.6. The summed E-state index contributed by atoms with van der Waals surface area (Å²) in [5.74, 6) is -0.949. The van der Waals surface area contributed by atoms with Gasteiger partial charge in [-0.1, -0.05) is 102 Å². The van der Waals surface area contributed by atoms with Gasteiger partial charge in [-0.3, -0.25) is 13.9 Å². The van der Waals surface area contributed by atoms with Crippen LogP contribution in [0.4, 0.5) is 5.69 Å². The third kappa shape index (κ3) is 9.29. The van der Waals surface area contributed by atoms with Crippen LogP contribution in [0.3, 0.4) is 0 Å². The second kappa shape index (κ2) is 16.0. The van der Waals surface area contributed by atoms with Crippen LogP contribution in [0, 0.1) is 13.8 Å². The van der Waals surface area contributed by atoms with Crippen LogP contribution in [0.15, 0.2) is 95.9 Å². The smallest absolute Gasteiger partial charge is 0.264 e. The lowest BCUT2D eigenvalue weighted by atomic mass is 10.0. The largest absolute Gasteiger partial charge is 0.352 e. The predicted molar refractivity (Wildman–Crippen MR) is 191 cm³/mol. The first-order valence-electron chi connectivity index (χ1n) is 15.2. The number of anilines is 1. The van der Waals surface area contributed by atoms with Crippen molar-refractivity contribution in [3.63, 3.8) is 0 Å². The van der Waals surface area contributed by atoms with Crippen LogP contribution < -0.4 is 9.62 Å². The molecule has 0 heterocycles. The van der Waals surface area contributed by atoms with E-state index in [1.54, 1.807) is 49.4 Å². The van der Waals surface area contributed by atoms with Gasteiger partial charge in [0.05, 0.1) is 20.6 Å². The van der Waals surface area contributed by atoms with E-state index in [1.807, 2.05) is 51.1 Å². The minimum atomic E-state index is -4.26. The van der Waals surface area contributed by atoms with Crippen LogP contribution in [0.5, 0.6) is 0 Å². The highest BCUT2D eigenvalue weighted by molar-refractivity contribution is 7.92. The van der Waals surface area contributed by atoms with Crippen LogP contribution >= 0.6 is 34.8 Å². The number of benzene rings is 4. The highest BCUT2D eigenvalue weighted by atomic mass is 35.5. The zero-order valence-electron chi connectivity index (χ0n) is 26.7. The van der Waals surface area contributed by atoms with Gasteiger partial charge < -0.3 is 10.2 Å². The summed E-state index contributed by atoms with van der Waals surface area (Å²) >= 11 is 18.9. The average molecular weight is 715 g/mol. The molecule has 0 aromatic heterocycles. The van der Waals surface area contributed by atoms with E-state index < -0.39 is 28.5 Å². The van der Waals surface area contributed by atoms with Crippen molar-refractivity contribution >= 4 is 62.3 Å². The Morgan fingerprint density at radius 1 is 0.830 bits per heavy atom. The number of aryl methyl sites for hydroxylation is 2. The number of hydrogen-bond donors (Lipinski definition) is 1. The molecule has 0 spiro atoms. The Labute approximate surface area is 292 Å². The third-order valence-corrected chi connectivity index (χ3v) is 10.7. The minimum Gasteiger partial charge on any atom is -0.352 e. The van der Waals surface area contributed by atoms with Crippen molar-refractivity contribution in [2.75, 3.05) is 10.8 Å². The molecule has 4 aromatic carbocycles. The van der Waals surface area contributed by atoms with Crippen LogP contribution in [-0.4, -0.2) is 43.8 Å². The van der Waals surface area contributed by atoms with Crippen molar-refractivity contribution in [1.82, 2.24) is 10.2 Å². The summed E-state index contributed by atoms with van der Waals surface area (Å²) in [6.07, 6.45) is 0.873. The van der Waals surface area contributed by atoms with Gasteiger partial charge in [0.15, 0.2) is 0 Å². The molecule has 0 aliphatic heterocycles. The molecule has 2 amide bonds. The molecule has 7 nitrogen and oxygen atoms in total. The first kappa shape index (κ1) is 36.3. The monoisotopic (exact) mass is 713 g/mol. The van der Waals surface area contributed by atoms with E-state index in [9.17, 15) is 18.0 Å². The standard InChI is InChI=1S/C36H38Cl3N3O4S/c1-5-26(4)40-36(44)34(20-27-9-7-6-8-10-27)41(22-28-14-18-31(38)32(39)19-28)35(43)23-42(33-21-29(37)15-13-25(33)3)47(45,46)30-16-11-24(2)12-17-30/h6-19,21,26,34H,5,20,22-23H2,1-4H3,(H,40,44)/t26-,34+/m1/s1. The van der Waals surface area contributed by atoms with E-state index in [0.29, 0.717) is 32.6 Å². The summed E-state index contributed by atoms with van der Waals surface area (Å²) in [6, 6.07) is 24.5. The molecule has 0 bridgehead atoms. The fraction of sp³-hybridized carbons (Fsp3) is 0.278. The van der Waals surface area contributed by atoms with E-state index in [-0.39, 0.29) is 35.5 Å². The Kier molecular flexibility index (Phi) is 12.4. The van der Waals surface area contributed by atoms with Gasteiger partial charge in [0, 0.05) is 24.0 Å². The summed E-state index contributed by atoms with van der Waals surface area (Å²) in [5.41, 5.74) is 3.19. The number of carbonyl (C=O) groups is 2. The summed E-state index contributed by atoms with van der Waals surface area (Å²) in [7, 11) is -4.26.